The van der Waals surface area contributed by atoms with E-state index in [1.807, 2.05) is 39.0 Å². The lowest BCUT2D eigenvalue weighted by Gasteiger charge is -2.39. The van der Waals surface area contributed by atoms with Crippen LogP contribution in [0, 0.1) is 20.8 Å². The van der Waals surface area contributed by atoms with Crippen LogP contribution in [-0.4, -0.2) is 58.3 Å². The van der Waals surface area contributed by atoms with Gasteiger partial charge in [-0.25, -0.2) is 0 Å². The number of aromatic amines is 1. The Bertz CT molecular complexity index is 1300. The van der Waals surface area contributed by atoms with Gasteiger partial charge in [-0.3, -0.25) is 14.5 Å². The van der Waals surface area contributed by atoms with E-state index in [2.05, 4.69) is 67.6 Å². The summed E-state index contributed by atoms with van der Waals surface area (Å²) in [5.74, 6) is -0.165. The normalized spacial score (nSPS) is 16.2. The molecular formula is C27H36BrN5O2. The smallest absolute Gasteiger partial charge is 0.253 e. The summed E-state index contributed by atoms with van der Waals surface area (Å²) in [5, 5.41) is 2.99. The van der Waals surface area contributed by atoms with Gasteiger partial charge < -0.3 is 19.6 Å². The summed E-state index contributed by atoms with van der Waals surface area (Å²) in [6.45, 7) is 10.3. The Morgan fingerprint density at radius 1 is 1.20 bits per heavy atom. The van der Waals surface area contributed by atoms with Gasteiger partial charge in [-0.2, -0.15) is 0 Å². The van der Waals surface area contributed by atoms with Gasteiger partial charge >= 0.3 is 0 Å². The summed E-state index contributed by atoms with van der Waals surface area (Å²) in [6.07, 6.45) is 4.36. The molecule has 35 heavy (non-hydrogen) atoms. The fourth-order valence-electron chi connectivity index (χ4n) is 5.42. The van der Waals surface area contributed by atoms with Crippen LogP contribution in [0.1, 0.15) is 64.2 Å². The fraction of sp³-hybridized carbons (Fsp3) is 0.481. The number of likely N-dealkylation sites (tertiary alicyclic amines) is 1. The second-order valence-corrected chi connectivity index (χ2v) is 11.0. The molecule has 1 aliphatic heterocycles. The number of nitrogens with one attached hydrogen (secondary N) is 2. The number of H-pyrrole nitrogens is 1. The number of halogens is 1. The van der Waals surface area contributed by atoms with Crippen molar-refractivity contribution in [3.05, 3.63) is 72.9 Å². The zero-order valence-electron chi connectivity index (χ0n) is 21.5. The monoisotopic (exact) mass is 541 g/mol. The van der Waals surface area contributed by atoms with Gasteiger partial charge in [0.05, 0.1) is 0 Å². The van der Waals surface area contributed by atoms with Gasteiger partial charge in [0.1, 0.15) is 0 Å². The third-order valence-corrected chi connectivity index (χ3v) is 7.93. The number of hydrogen-bond donors (Lipinski definition) is 2. The van der Waals surface area contributed by atoms with Gasteiger partial charge in [-0.1, -0.05) is 0 Å². The van der Waals surface area contributed by atoms with E-state index >= 15 is 0 Å². The van der Waals surface area contributed by atoms with E-state index < -0.39 is 0 Å². The minimum Gasteiger partial charge on any atom is -0.348 e. The SMILES string of the molecule is Cc1cc(C)c(CNC(=O)c2cc3cc(Br)cn3c(C(C)N3CCC(N(C)C)CC3)c2C)c(=O)[nH]1. The second kappa shape index (κ2) is 10.3. The van der Waals surface area contributed by atoms with Crippen molar-refractivity contribution in [3.8, 4) is 0 Å². The van der Waals surface area contributed by atoms with Crippen molar-refractivity contribution in [2.75, 3.05) is 27.2 Å². The highest BCUT2D eigenvalue weighted by Crippen LogP contribution is 2.32. The van der Waals surface area contributed by atoms with Crippen LogP contribution in [0.25, 0.3) is 5.52 Å². The van der Waals surface area contributed by atoms with Crippen molar-refractivity contribution in [2.45, 2.75) is 59.2 Å². The molecule has 8 heteroatoms. The molecule has 3 aromatic rings. The van der Waals surface area contributed by atoms with Gasteiger partial charge in [0, 0.05) is 70.4 Å². The summed E-state index contributed by atoms with van der Waals surface area (Å²) in [4.78, 5) is 33.5. The van der Waals surface area contributed by atoms with E-state index in [4.69, 9.17) is 0 Å². The van der Waals surface area contributed by atoms with Crippen molar-refractivity contribution in [1.29, 1.82) is 0 Å². The quantitative estimate of drug-likeness (QED) is 0.487. The van der Waals surface area contributed by atoms with Gasteiger partial charge in [0.25, 0.3) is 11.5 Å². The second-order valence-electron chi connectivity index (χ2n) is 10.1. The lowest BCUT2D eigenvalue weighted by molar-refractivity contribution is 0.0948. The number of hydrogen-bond acceptors (Lipinski definition) is 4. The molecule has 0 saturated carbocycles. The van der Waals surface area contributed by atoms with E-state index in [1.165, 1.54) is 0 Å². The number of fused-ring (bicyclic) bond motifs is 1. The minimum absolute atomic E-state index is 0.152. The van der Waals surface area contributed by atoms with Crippen LogP contribution in [0.2, 0.25) is 0 Å². The van der Waals surface area contributed by atoms with Crippen LogP contribution in [-0.2, 0) is 6.54 Å². The summed E-state index contributed by atoms with van der Waals surface area (Å²) in [5.41, 5.74) is 5.85. The van der Waals surface area contributed by atoms with Crippen LogP contribution >= 0.6 is 15.9 Å². The lowest BCUT2D eigenvalue weighted by Crippen LogP contribution is -2.43. The first kappa shape index (κ1) is 25.7. The number of nitrogens with zero attached hydrogens (tertiary/aromatic N) is 3. The van der Waals surface area contributed by atoms with Crippen molar-refractivity contribution >= 4 is 27.4 Å². The maximum Gasteiger partial charge on any atom is 0.253 e. The molecule has 7 nitrogen and oxygen atoms in total. The number of carbonyl (C=O) groups excluding carboxylic acids is 1. The first-order valence-electron chi connectivity index (χ1n) is 12.3. The molecule has 0 aromatic carbocycles. The zero-order chi connectivity index (χ0) is 25.4. The van der Waals surface area contributed by atoms with Crippen molar-refractivity contribution < 1.29 is 4.79 Å². The molecule has 0 bridgehead atoms. The minimum atomic E-state index is -0.165. The molecule has 1 fully saturated rings. The predicted molar refractivity (Wildman–Crippen MR) is 144 cm³/mol. The molecule has 4 rings (SSSR count). The number of carbonyl (C=O) groups is 1. The first-order valence-corrected chi connectivity index (χ1v) is 13.0. The molecule has 0 aliphatic carbocycles. The van der Waals surface area contributed by atoms with Crippen molar-refractivity contribution in [1.82, 2.24) is 24.5 Å². The highest BCUT2D eigenvalue weighted by Gasteiger charge is 2.28. The van der Waals surface area contributed by atoms with Crippen molar-refractivity contribution in [3.63, 3.8) is 0 Å². The third kappa shape index (κ3) is 5.25. The Kier molecular flexibility index (Phi) is 7.54. The van der Waals surface area contributed by atoms with Gasteiger partial charge in [0.2, 0.25) is 0 Å². The average molecular weight is 543 g/mol. The Balaban J connectivity index is 1.64. The number of amides is 1. The Morgan fingerprint density at radius 2 is 1.89 bits per heavy atom. The molecular weight excluding hydrogens is 506 g/mol. The molecule has 4 heterocycles. The molecule has 188 valence electrons. The van der Waals surface area contributed by atoms with Crippen LogP contribution in [0.5, 0.6) is 0 Å². The molecule has 0 radical (unpaired) electrons. The number of pyridine rings is 2. The van der Waals surface area contributed by atoms with Gasteiger partial charge in [0.15, 0.2) is 0 Å². The molecule has 1 aliphatic rings. The maximum atomic E-state index is 13.4. The highest BCUT2D eigenvalue weighted by atomic mass is 79.9. The molecule has 1 atom stereocenters. The largest absolute Gasteiger partial charge is 0.348 e. The summed E-state index contributed by atoms with van der Waals surface area (Å²) in [6, 6.07) is 6.69. The standard InChI is InChI=1S/C27H36BrN5O2/c1-16-11-17(2)30-27(35)24(16)14-29-26(34)23-13-22-12-20(28)15-33(22)25(18(23)3)19(4)32-9-7-21(8-10-32)31(5)6/h11-13,15,19,21H,7-10,14H2,1-6H3,(H,29,34)(H,30,35). The van der Waals surface area contributed by atoms with Crippen LogP contribution < -0.4 is 10.9 Å². The molecule has 1 unspecified atom stereocenters. The van der Waals surface area contributed by atoms with E-state index in [-0.39, 0.29) is 24.1 Å². The average Bonchev–Trinajstić information content (AvgIpc) is 3.17. The Morgan fingerprint density at radius 3 is 2.51 bits per heavy atom. The molecule has 3 aromatic heterocycles. The summed E-state index contributed by atoms with van der Waals surface area (Å²) >= 11 is 3.62. The Labute approximate surface area is 215 Å². The van der Waals surface area contributed by atoms with Crippen LogP contribution in [0.15, 0.2) is 33.7 Å². The van der Waals surface area contributed by atoms with E-state index in [1.54, 1.807) is 0 Å². The number of piperidine rings is 1. The topological polar surface area (TPSA) is 72.9 Å². The van der Waals surface area contributed by atoms with E-state index in [0.29, 0.717) is 17.2 Å². The molecule has 1 amide bonds. The number of aryl methyl sites for hydroxylation is 2. The van der Waals surface area contributed by atoms with Crippen molar-refractivity contribution in [2.24, 2.45) is 0 Å². The molecule has 0 spiro atoms. The van der Waals surface area contributed by atoms with Gasteiger partial charge in [-0.05, 0) is 99.9 Å². The third-order valence-electron chi connectivity index (χ3n) is 7.49. The number of aromatic nitrogens is 2. The van der Waals surface area contributed by atoms with E-state index in [9.17, 15) is 9.59 Å². The first-order chi connectivity index (χ1) is 16.6. The lowest BCUT2D eigenvalue weighted by atomic mass is 9.97. The molecule has 1 saturated heterocycles. The zero-order valence-corrected chi connectivity index (χ0v) is 23.1. The van der Waals surface area contributed by atoms with E-state index in [0.717, 1.165) is 58.4 Å². The molecule has 2 N–H and O–H groups in total. The van der Waals surface area contributed by atoms with Gasteiger partial charge in [-0.15, -0.1) is 0 Å². The fourth-order valence-corrected chi connectivity index (χ4v) is 5.86. The maximum absolute atomic E-state index is 13.4. The summed E-state index contributed by atoms with van der Waals surface area (Å²) < 4.78 is 3.18. The summed E-state index contributed by atoms with van der Waals surface area (Å²) in [7, 11) is 4.31. The van der Waals surface area contributed by atoms with Crippen LogP contribution in [0.4, 0.5) is 0 Å². The number of rotatable bonds is 6. The highest BCUT2D eigenvalue weighted by molar-refractivity contribution is 9.10. The van der Waals surface area contributed by atoms with Crippen LogP contribution in [0.3, 0.4) is 0 Å². The Hall–Kier alpha value is -2.42. The predicted octanol–water partition coefficient (Wildman–Crippen LogP) is 4.33.